The Hall–Kier alpha value is -2.17. The van der Waals surface area contributed by atoms with Gasteiger partial charge in [-0.1, -0.05) is 10.7 Å². The summed E-state index contributed by atoms with van der Waals surface area (Å²) in [6, 6.07) is 16.9. The summed E-state index contributed by atoms with van der Waals surface area (Å²) in [5.41, 5.74) is 3.72. The number of hydrazone groups is 1. The van der Waals surface area contributed by atoms with Crippen molar-refractivity contribution in [3.63, 3.8) is 0 Å². The molecule has 0 aliphatic carbocycles. The van der Waals surface area contributed by atoms with E-state index in [1.54, 1.807) is 38.1 Å². The van der Waals surface area contributed by atoms with Crippen LogP contribution in [0.4, 0.5) is 0 Å². The molecule has 0 bridgehead atoms. The van der Waals surface area contributed by atoms with E-state index >= 15 is 0 Å². The Balaban J connectivity index is 0.000000562. The molecule has 0 unspecified atom stereocenters. The Morgan fingerprint density at radius 3 is 2.24 bits per heavy atom. The number of hydrogen-bond donors (Lipinski definition) is 2. The van der Waals surface area contributed by atoms with Gasteiger partial charge >= 0.3 is 17.1 Å². The summed E-state index contributed by atoms with van der Waals surface area (Å²) in [5.74, 6) is -0.287. The Bertz CT molecular complexity index is 541. The molecule has 0 radical (unpaired) electrons. The number of carbonyl (C=O) groups excluding carboxylic acids is 1. The molecule has 2 aromatic rings. The largest absolute Gasteiger partial charge is 2.00 e. The van der Waals surface area contributed by atoms with E-state index in [1.807, 2.05) is 30.3 Å². The van der Waals surface area contributed by atoms with Crippen LogP contribution in [-0.2, 0) is 17.1 Å². The van der Waals surface area contributed by atoms with E-state index in [4.69, 9.17) is 5.21 Å². The molecule has 2 N–H and O–H groups in total. The van der Waals surface area contributed by atoms with Crippen LogP contribution in [0.2, 0.25) is 0 Å². The van der Waals surface area contributed by atoms with Gasteiger partial charge in [-0.05, 0) is 13.8 Å². The zero-order valence-corrected chi connectivity index (χ0v) is 12.9. The van der Waals surface area contributed by atoms with E-state index in [1.165, 1.54) is 0 Å². The topological polar surface area (TPSA) is 74.0 Å². The standard InChI is InChI=1S/C10H12N3O2.C5H5.Fe/c1-7(8(2)13-15)11-12-10(14)9-5-3-4-6-9;1-2-4-5-3-1;/h3-6,15H,1-2H3,(H,12,14);1-5H;/q2*-1;+2/b11-7-,13-8+;;. The second-order valence-corrected chi connectivity index (χ2v) is 3.96. The smallest absolute Gasteiger partial charge is 0.411 e. The molecule has 0 fully saturated rings. The van der Waals surface area contributed by atoms with Gasteiger partial charge in [0, 0.05) is 0 Å². The van der Waals surface area contributed by atoms with Crippen LogP contribution in [0.15, 0.2) is 64.9 Å². The molecule has 112 valence electrons. The maximum Gasteiger partial charge on any atom is 2.00 e. The van der Waals surface area contributed by atoms with Crippen molar-refractivity contribution in [2.75, 3.05) is 0 Å². The summed E-state index contributed by atoms with van der Waals surface area (Å²) in [5, 5.41) is 15.2. The Labute approximate surface area is 134 Å². The van der Waals surface area contributed by atoms with Crippen LogP contribution in [0.25, 0.3) is 0 Å². The number of carbonyl (C=O) groups is 1. The van der Waals surface area contributed by atoms with Crippen molar-refractivity contribution < 1.29 is 27.1 Å². The van der Waals surface area contributed by atoms with Crippen molar-refractivity contribution in [3.8, 4) is 0 Å². The molecule has 0 atom stereocenters. The first kappa shape index (κ1) is 18.8. The van der Waals surface area contributed by atoms with Gasteiger partial charge in [-0.2, -0.15) is 41.5 Å². The minimum absolute atomic E-state index is 0. The van der Waals surface area contributed by atoms with Crippen molar-refractivity contribution in [2.24, 2.45) is 10.3 Å². The molecule has 2 rings (SSSR count). The molecule has 6 heteroatoms. The summed E-state index contributed by atoms with van der Waals surface area (Å²) in [6.45, 7) is 3.23. The Kier molecular flexibility index (Phi) is 9.50. The second-order valence-electron chi connectivity index (χ2n) is 3.96. The maximum absolute atomic E-state index is 11.4. The molecule has 1 amide bonds. The van der Waals surface area contributed by atoms with Crippen LogP contribution in [0.3, 0.4) is 0 Å². The van der Waals surface area contributed by atoms with Gasteiger partial charge in [0.25, 0.3) is 0 Å². The van der Waals surface area contributed by atoms with Gasteiger partial charge in [0.2, 0.25) is 0 Å². The quantitative estimate of drug-likeness (QED) is 0.299. The molecule has 0 aliphatic heterocycles. The van der Waals surface area contributed by atoms with Crippen LogP contribution in [0, 0.1) is 0 Å². The zero-order chi connectivity index (χ0) is 14.8. The summed E-state index contributed by atoms with van der Waals surface area (Å²) in [4.78, 5) is 11.4. The van der Waals surface area contributed by atoms with Gasteiger partial charge in [0.1, 0.15) is 0 Å². The van der Waals surface area contributed by atoms with Gasteiger partial charge in [-0.25, -0.2) is 12.1 Å². The van der Waals surface area contributed by atoms with Gasteiger partial charge in [0.05, 0.1) is 11.4 Å². The monoisotopic (exact) mass is 327 g/mol. The maximum atomic E-state index is 11.4. The average Bonchev–Trinajstić information content (AvgIpc) is 3.18. The SMILES string of the molecule is CC(=N/NC(=O)c1ccc[cH-]1)/C(C)=N/O.[Fe+2].c1cc[cH-]c1. The summed E-state index contributed by atoms with van der Waals surface area (Å²) < 4.78 is 0. The molecule has 2 aromatic carbocycles. The first-order valence-corrected chi connectivity index (χ1v) is 6.07. The van der Waals surface area contributed by atoms with Gasteiger partial charge < -0.3 is 10.0 Å². The fourth-order valence-electron chi connectivity index (χ4n) is 1.20. The van der Waals surface area contributed by atoms with Gasteiger partial charge in [0.15, 0.2) is 5.91 Å². The van der Waals surface area contributed by atoms with E-state index in [9.17, 15) is 4.79 Å². The van der Waals surface area contributed by atoms with E-state index in [2.05, 4.69) is 15.7 Å². The molecule has 0 saturated heterocycles. The number of nitrogens with zero attached hydrogens (tertiary/aromatic N) is 2. The number of amides is 1. The molecule has 5 nitrogen and oxygen atoms in total. The third-order valence-electron chi connectivity index (χ3n) is 2.48. The predicted molar refractivity (Wildman–Crippen MR) is 79.5 cm³/mol. The van der Waals surface area contributed by atoms with E-state index in [0.29, 0.717) is 17.0 Å². The van der Waals surface area contributed by atoms with Crippen molar-refractivity contribution in [1.29, 1.82) is 0 Å². The minimum Gasteiger partial charge on any atom is -0.411 e. The molecule has 0 heterocycles. The van der Waals surface area contributed by atoms with Crippen LogP contribution < -0.4 is 5.43 Å². The normalized spacial score (nSPS) is 11.0. The number of hydrogen-bond acceptors (Lipinski definition) is 4. The van der Waals surface area contributed by atoms with Gasteiger partial charge in [-0.3, -0.25) is 5.43 Å². The molecule has 21 heavy (non-hydrogen) atoms. The summed E-state index contributed by atoms with van der Waals surface area (Å²) in [6.07, 6.45) is 0. The number of oxime groups is 1. The second kappa shape index (κ2) is 10.6. The molecular weight excluding hydrogens is 310 g/mol. The third-order valence-corrected chi connectivity index (χ3v) is 2.48. The van der Waals surface area contributed by atoms with Crippen LogP contribution in [0.5, 0.6) is 0 Å². The zero-order valence-electron chi connectivity index (χ0n) is 11.8. The van der Waals surface area contributed by atoms with E-state index < -0.39 is 0 Å². The van der Waals surface area contributed by atoms with Gasteiger partial charge in [-0.15, -0.1) is 6.07 Å². The first-order valence-electron chi connectivity index (χ1n) is 6.07. The molecule has 0 saturated carbocycles. The van der Waals surface area contributed by atoms with Crippen molar-refractivity contribution in [1.82, 2.24) is 5.43 Å². The molecule has 0 aromatic heterocycles. The van der Waals surface area contributed by atoms with E-state index in [0.717, 1.165) is 0 Å². The fraction of sp³-hybridized carbons (Fsp3) is 0.133. The van der Waals surface area contributed by atoms with E-state index in [-0.39, 0.29) is 23.0 Å². The summed E-state index contributed by atoms with van der Waals surface area (Å²) >= 11 is 0. The van der Waals surface area contributed by atoms with Crippen LogP contribution >= 0.6 is 0 Å². The molecule has 0 spiro atoms. The Morgan fingerprint density at radius 1 is 1.14 bits per heavy atom. The average molecular weight is 327 g/mol. The fourth-order valence-corrected chi connectivity index (χ4v) is 1.20. The molecule has 0 aliphatic rings. The predicted octanol–water partition coefficient (Wildman–Crippen LogP) is 2.76. The third kappa shape index (κ3) is 7.25. The number of rotatable bonds is 3. The van der Waals surface area contributed by atoms with Crippen molar-refractivity contribution >= 4 is 17.3 Å². The van der Waals surface area contributed by atoms with Crippen molar-refractivity contribution in [2.45, 2.75) is 13.8 Å². The molecular formula is C15H17FeN3O2. The van der Waals surface area contributed by atoms with Crippen LogP contribution in [0.1, 0.15) is 24.2 Å². The van der Waals surface area contributed by atoms with Crippen molar-refractivity contribution in [3.05, 3.63) is 60.2 Å². The summed E-state index contributed by atoms with van der Waals surface area (Å²) in [7, 11) is 0. The first-order chi connectivity index (χ1) is 9.65. The number of nitrogens with one attached hydrogen (secondary N) is 1. The minimum atomic E-state index is -0.287. The van der Waals surface area contributed by atoms with Crippen LogP contribution in [-0.4, -0.2) is 22.5 Å². The Morgan fingerprint density at radius 2 is 1.81 bits per heavy atom.